The highest BCUT2D eigenvalue weighted by molar-refractivity contribution is 7.86. The zero-order valence-corrected chi connectivity index (χ0v) is 17.0. The molecule has 3 rings (SSSR count). The maximum atomic E-state index is 12.7. The summed E-state index contributed by atoms with van der Waals surface area (Å²) in [6.07, 6.45) is -1.96. The SMILES string of the molecule is Cc1ccc(S(=O)(=O)O[C@H](C)C(=O)OC(c2ccccc2)c2ccccc2)cc1. The Hall–Kier alpha value is -2.96. The smallest absolute Gasteiger partial charge is 0.337 e. The molecular weight excluding hydrogens is 388 g/mol. The molecule has 0 N–H and O–H groups in total. The maximum Gasteiger partial charge on any atom is 0.337 e. The molecule has 5 nitrogen and oxygen atoms in total. The first-order valence-corrected chi connectivity index (χ1v) is 10.6. The molecule has 1 atom stereocenters. The van der Waals surface area contributed by atoms with E-state index in [0.717, 1.165) is 16.7 Å². The third-order valence-corrected chi connectivity index (χ3v) is 5.74. The van der Waals surface area contributed by atoms with Crippen LogP contribution in [-0.2, 0) is 23.8 Å². The lowest BCUT2D eigenvalue weighted by molar-refractivity contribution is -0.155. The molecule has 0 aliphatic carbocycles. The quantitative estimate of drug-likeness (QED) is 0.426. The first kappa shape index (κ1) is 20.8. The van der Waals surface area contributed by atoms with E-state index < -0.39 is 28.3 Å². The summed E-state index contributed by atoms with van der Waals surface area (Å²) in [4.78, 5) is 12.6. The highest BCUT2D eigenvalue weighted by atomic mass is 32.2. The second-order valence-electron chi connectivity index (χ2n) is 6.64. The Morgan fingerprint density at radius 3 is 1.76 bits per heavy atom. The summed E-state index contributed by atoms with van der Waals surface area (Å²) in [5.41, 5.74) is 2.48. The van der Waals surface area contributed by atoms with Crippen molar-refractivity contribution in [2.24, 2.45) is 0 Å². The van der Waals surface area contributed by atoms with Crippen molar-refractivity contribution >= 4 is 16.1 Å². The van der Waals surface area contributed by atoms with Crippen LogP contribution in [0.15, 0.2) is 89.8 Å². The lowest BCUT2D eigenvalue weighted by Gasteiger charge is -2.21. The predicted octanol–water partition coefficient (Wildman–Crippen LogP) is 4.42. The molecule has 0 heterocycles. The average Bonchev–Trinajstić information content (AvgIpc) is 2.73. The Bertz CT molecular complexity index is 1010. The summed E-state index contributed by atoms with van der Waals surface area (Å²) >= 11 is 0. The van der Waals surface area contributed by atoms with Gasteiger partial charge in [0, 0.05) is 0 Å². The topological polar surface area (TPSA) is 69.7 Å². The van der Waals surface area contributed by atoms with Gasteiger partial charge in [0.25, 0.3) is 10.1 Å². The number of hydrogen-bond acceptors (Lipinski definition) is 5. The zero-order valence-electron chi connectivity index (χ0n) is 16.2. The standard InChI is InChI=1S/C23H22O5S/c1-17-13-15-21(16-14-17)29(25,26)28-18(2)23(24)27-22(19-9-5-3-6-10-19)20-11-7-4-8-12-20/h3-16,18,22H,1-2H3/t18-/m1/s1. The summed E-state index contributed by atoms with van der Waals surface area (Å²) in [5.74, 6) is -0.765. The largest absolute Gasteiger partial charge is 0.451 e. The Morgan fingerprint density at radius 2 is 1.28 bits per heavy atom. The van der Waals surface area contributed by atoms with E-state index in [4.69, 9.17) is 8.92 Å². The van der Waals surface area contributed by atoms with Gasteiger partial charge in [0.15, 0.2) is 12.2 Å². The van der Waals surface area contributed by atoms with Gasteiger partial charge in [0.2, 0.25) is 0 Å². The minimum Gasteiger partial charge on any atom is -0.451 e. The molecule has 0 saturated heterocycles. The minimum atomic E-state index is -4.09. The van der Waals surface area contributed by atoms with E-state index in [1.165, 1.54) is 19.1 Å². The van der Waals surface area contributed by atoms with Crippen molar-refractivity contribution in [3.63, 3.8) is 0 Å². The molecule has 0 aromatic heterocycles. The van der Waals surface area contributed by atoms with Crippen molar-refractivity contribution in [2.45, 2.75) is 31.0 Å². The number of ether oxygens (including phenoxy) is 1. The zero-order chi connectivity index (χ0) is 20.9. The third-order valence-electron chi connectivity index (χ3n) is 4.35. The van der Waals surface area contributed by atoms with Crippen LogP contribution in [0, 0.1) is 6.92 Å². The first-order valence-electron chi connectivity index (χ1n) is 9.17. The van der Waals surface area contributed by atoms with E-state index in [9.17, 15) is 13.2 Å². The number of hydrogen-bond donors (Lipinski definition) is 0. The molecule has 0 aliphatic rings. The molecule has 29 heavy (non-hydrogen) atoms. The predicted molar refractivity (Wildman–Crippen MR) is 110 cm³/mol. The highest BCUT2D eigenvalue weighted by Crippen LogP contribution is 2.27. The third kappa shape index (κ3) is 5.31. The summed E-state index contributed by atoms with van der Waals surface area (Å²) in [7, 11) is -4.09. The fourth-order valence-electron chi connectivity index (χ4n) is 2.79. The molecule has 0 saturated carbocycles. The van der Waals surface area contributed by atoms with Gasteiger partial charge in [0.1, 0.15) is 0 Å². The van der Waals surface area contributed by atoms with E-state index in [1.807, 2.05) is 67.6 Å². The average molecular weight is 410 g/mol. The number of esters is 1. The van der Waals surface area contributed by atoms with E-state index in [-0.39, 0.29) is 4.90 Å². The van der Waals surface area contributed by atoms with E-state index in [2.05, 4.69) is 0 Å². The van der Waals surface area contributed by atoms with Crippen LogP contribution in [0.1, 0.15) is 29.7 Å². The van der Waals surface area contributed by atoms with Crippen LogP contribution in [0.25, 0.3) is 0 Å². The monoisotopic (exact) mass is 410 g/mol. The molecule has 0 radical (unpaired) electrons. The van der Waals surface area contributed by atoms with Crippen molar-refractivity contribution in [3.05, 3.63) is 102 Å². The van der Waals surface area contributed by atoms with E-state index in [1.54, 1.807) is 12.1 Å². The Labute approximate surface area is 171 Å². The lowest BCUT2D eigenvalue weighted by Crippen LogP contribution is -2.28. The normalized spacial score (nSPS) is 12.5. The first-order chi connectivity index (χ1) is 13.9. The van der Waals surface area contributed by atoms with Gasteiger partial charge in [-0.2, -0.15) is 8.42 Å². The fourth-order valence-corrected chi connectivity index (χ4v) is 3.83. The van der Waals surface area contributed by atoms with Crippen LogP contribution in [0.5, 0.6) is 0 Å². The molecule has 0 fully saturated rings. The van der Waals surface area contributed by atoms with Gasteiger partial charge in [-0.25, -0.2) is 4.79 Å². The Morgan fingerprint density at radius 1 is 0.793 bits per heavy atom. The van der Waals surface area contributed by atoms with Gasteiger partial charge in [-0.3, -0.25) is 4.18 Å². The van der Waals surface area contributed by atoms with Crippen molar-refractivity contribution in [3.8, 4) is 0 Å². The van der Waals surface area contributed by atoms with Crippen LogP contribution in [0.2, 0.25) is 0 Å². The maximum absolute atomic E-state index is 12.7. The molecular formula is C23H22O5S. The molecule has 0 spiro atoms. The lowest BCUT2D eigenvalue weighted by atomic mass is 10.0. The van der Waals surface area contributed by atoms with Crippen LogP contribution in [0.4, 0.5) is 0 Å². The van der Waals surface area contributed by atoms with Gasteiger partial charge < -0.3 is 4.74 Å². The van der Waals surface area contributed by atoms with Crippen LogP contribution in [0.3, 0.4) is 0 Å². The summed E-state index contributed by atoms with van der Waals surface area (Å²) in [5, 5.41) is 0. The molecule has 0 amide bonds. The Kier molecular flexibility index (Phi) is 6.46. The number of aryl methyl sites for hydroxylation is 1. The van der Waals surface area contributed by atoms with Crippen LogP contribution < -0.4 is 0 Å². The van der Waals surface area contributed by atoms with E-state index in [0.29, 0.717) is 0 Å². The van der Waals surface area contributed by atoms with Crippen LogP contribution in [-0.4, -0.2) is 20.5 Å². The van der Waals surface area contributed by atoms with E-state index >= 15 is 0 Å². The molecule has 3 aromatic carbocycles. The van der Waals surface area contributed by atoms with Gasteiger partial charge in [-0.05, 0) is 37.1 Å². The highest BCUT2D eigenvalue weighted by Gasteiger charge is 2.28. The van der Waals surface area contributed by atoms with Gasteiger partial charge in [-0.15, -0.1) is 0 Å². The molecule has 3 aromatic rings. The van der Waals surface area contributed by atoms with Crippen molar-refractivity contribution < 1.29 is 22.1 Å². The van der Waals surface area contributed by atoms with Gasteiger partial charge >= 0.3 is 5.97 Å². The van der Waals surface area contributed by atoms with Gasteiger partial charge in [-0.1, -0.05) is 78.4 Å². The summed E-state index contributed by atoms with van der Waals surface area (Å²) in [6.45, 7) is 3.21. The molecule has 0 bridgehead atoms. The molecule has 0 aliphatic heterocycles. The van der Waals surface area contributed by atoms with Crippen molar-refractivity contribution in [1.29, 1.82) is 0 Å². The number of carbonyl (C=O) groups is 1. The Balaban J connectivity index is 1.78. The summed E-state index contributed by atoms with van der Waals surface area (Å²) in [6, 6.07) is 24.7. The number of benzene rings is 3. The molecule has 150 valence electrons. The van der Waals surface area contributed by atoms with Crippen molar-refractivity contribution in [2.75, 3.05) is 0 Å². The summed E-state index contributed by atoms with van der Waals surface area (Å²) < 4.78 is 35.7. The number of carbonyl (C=O) groups excluding carboxylic acids is 1. The number of rotatable bonds is 7. The van der Waals surface area contributed by atoms with Crippen LogP contribution >= 0.6 is 0 Å². The molecule has 0 unspecified atom stereocenters. The fraction of sp³-hybridized carbons (Fsp3) is 0.174. The second-order valence-corrected chi connectivity index (χ2v) is 8.22. The van der Waals surface area contributed by atoms with Crippen molar-refractivity contribution in [1.82, 2.24) is 0 Å². The molecule has 6 heteroatoms. The minimum absolute atomic E-state index is 0.00887. The second kappa shape index (κ2) is 9.03. The van der Waals surface area contributed by atoms with Gasteiger partial charge in [0.05, 0.1) is 4.90 Å².